The van der Waals surface area contributed by atoms with Gasteiger partial charge in [-0.25, -0.2) is 0 Å². The van der Waals surface area contributed by atoms with Gasteiger partial charge in [0.25, 0.3) is 0 Å². The molecule has 4 nitrogen and oxygen atoms in total. The van der Waals surface area contributed by atoms with Crippen LogP contribution in [0.3, 0.4) is 0 Å². The van der Waals surface area contributed by atoms with E-state index >= 15 is 0 Å². The highest BCUT2D eigenvalue weighted by Crippen LogP contribution is 2.17. The third-order valence-corrected chi connectivity index (χ3v) is 3.34. The van der Waals surface area contributed by atoms with E-state index in [1.165, 1.54) is 0 Å². The standard InChI is InChI=1S/C19H25NO3/c1-3-21-14-15-22-18-10-8-17(9-11-18)20-12-13-23-19-7-5-4-6-16(19)2/h4-11,20H,3,12-15H2,1-2H3. The highest BCUT2D eigenvalue weighted by Gasteiger charge is 1.98. The van der Waals surface area contributed by atoms with E-state index in [0.29, 0.717) is 19.8 Å². The molecule has 0 saturated carbocycles. The van der Waals surface area contributed by atoms with Gasteiger partial charge in [0.1, 0.15) is 24.7 Å². The summed E-state index contributed by atoms with van der Waals surface area (Å²) >= 11 is 0. The van der Waals surface area contributed by atoms with Crippen molar-refractivity contribution in [3.8, 4) is 11.5 Å². The fourth-order valence-electron chi connectivity index (χ4n) is 2.11. The summed E-state index contributed by atoms with van der Waals surface area (Å²) in [5.41, 5.74) is 2.21. The number of ether oxygens (including phenoxy) is 3. The van der Waals surface area contributed by atoms with Crippen LogP contribution < -0.4 is 14.8 Å². The number of para-hydroxylation sites is 1. The van der Waals surface area contributed by atoms with E-state index in [0.717, 1.165) is 35.9 Å². The largest absolute Gasteiger partial charge is 0.491 e. The monoisotopic (exact) mass is 315 g/mol. The van der Waals surface area contributed by atoms with Gasteiger partial charge in [0.2, 0.25) is 0 Å². The molecule has 0 amide bonds. The molecule has 1 N–H and O–H groups in total. The first-order valence-electron chi connectivity index (χ1n) is 8.02. The van der Waals surface area contributed by atoms with Crippen LogP contribution in [0, 0.1) is 6.92 Å². The minimum atomic E-state index is 0.574. The van der Waals surface area contributed by atoms with Crippen molar-refractivity contribution in [2.24, 2.45) is 0 Å². The minimum Gasteiger partial charge on any atom is -0.491 e. The average Bonchev–Trinajstić information content (AvgIpc) is 2.58. The van der Waals surface area contributed by atoms with Crippen molar-refractivity contribution < 1.29 is 14.2 Å². The number of anilines is 1. The zero-order chi connectivity index (χ0) is 16.3. The molecule has 2 rings (SSSR count). The van der Waals surface area contributed by atoms with Crippen molar-refractivity contribution in [2.45, 2.75) is 13.8 Å². The number of aryl methyl sites for hydroxylation is 1. The summed E-state index contributed by atoms with van der Waals surface area (Å²) in [6.45, 7) is 7.31. The van der Waals surface area contributed by atoms with Crippen molar-refractivity contribution in [3.05, 3.63) is 54.1 Å². The maximum Gasteiger partial charge on any atom is 0.122 e. The summed E-state index contributed by atoms with van der Waals surface area (Å²) < 4.78 is 16.6. The minimum absolute atomic E-state index is 0.574. The molecular weight excluding hydrogens is 290 g/mol. The third-order valence-electron chi connectivity index (χ3n) is 3.34. The predicted octanol–water partition coefficient (Wildman–Crippen LogP) is 3.90. The van der Waals surface area contributed by atoms with Gasteiger partial charge in [-0.05, 0) is 49.7 Å². The van der Waals surface area contributed by atoms with Crippen LogP contribution in [0.5, 0.6) is 11.5 Å². The van der Waals surface area contributed by atoms with Gasteiger partial charge >= 0.3 is 0 Å². The van der Waals surface area contributed by atoms with Crippen molar-refractivity contribution in [1.82, 2.24) is 0 Å². The molecule has 0 aliphatic carbocycles. The van der Waals surface area contributed by atoms with Crippen LogP contribution >= 0.6 is 0 Å². The molecule has 0 aliphatic heterocycles. The molecule has 2 aromatic rings. The van der Waals surface area contributed by atoms with E-state index in [9.17, 15) is 0 Å². The maximum absolute atomic E-state index is 5.76. The molecule has 4 heteroatoms. The van der Waals surface area contributed by atoms with Gasteiger partial charge < -0.3 is 19.5 Å². The zero-order valence-corrected chi connectivity index (χ0v) is 13.9. The summed E-state index contributed by atoms with van der Waals surface area (Å²) in [4.78, 5) is 0. The number of nitrogens with one attached hydrogen (secondary N) is 1. The van der Waals surface area contributed by atoms with Gasteiger partial charge in [0.05, 0.1) is 6.61 Å². The Morgan fingerprint density at radius 3 is 2.39 bits per heavy atom. The number of benzene rings is 2. The highest BCUT2D eigenvalue weighted by molar-refractivity contribution is 5.46. The van der Waals surface area contributed by atoms with Crippen LogP contribution in [-0.4, -0.2) is 33.0 Å². The summed E-state index contributed by atoms with van der Waals surface area (Å²) in [5.74, 6) is 1.79. The number of hydrogen-bond acceptors (Lipinski definition) is 4. The molecule has 0 fully saturated rings. The van der Waals surface area contributed by atoms with Crippen LogP contribution in [0.2, 0.25) is 0 Å². The molecule has 0 bridgehead atoms. The Kier molecular flexibility index (Phi) is 7.27. The van der Waals surface area contributed by atoms with E-state index < -0.39 is 0 Å². The van der Waals surface area contributed by atoms with Crippen LogP contribution in [-0.2, 0) is 4.74 Å². The number of hydrogen-bond donors (Lipinski definition) is 1. The van der Waals surface area contributed by atoms with E-state index in [1.54, 1.807) is 0 Å². The molecule has 0 aliphatic rings. The second-order valence-electron chi connectivity index (χ2n) is 5.11. The van der Waals surface area contributed by atoms with Gasteiger partial charge in [-0.2, -0.15) is 0 Å². The molecular formula is C19H25NO3. The molecule has 23 heavy (non-hydrogen) atoms. The lowest BCUT2D eigenvalue weighted by Crippen LogP contribution is -2.12. The van der Waals surface area contributed by atoms with E-state index in [2.05, 4.69) is 5.32 Å². The second-order valence-corrected chi connectivity index (χ2v) is 5.11. The molecule has 0 unspecified atom stereocenters. The Hall–Kier alpha value is -2.20. The lowest BCUT2D eigenvalue weighted by molar-refractivity contribution is 0.110. The first-order valence-corrected chi connectivity index (χ1v) is 8.02. The summed E-state index contributed by atoms with van der Waals surface area (Å²) in [6.07, 6.45) is 0. The zero-order valence-electron chi connectivity index (χ0n) is 13.9. The van der Waals surface area contributed by atoms with Crippen molar-refractivity contribution in [1.29, 1.82) is 0 Å². The fraction of sp³-hybridized carbons (Fsp3) is 0.368. The van der Waals surface area contributed by atoms with E-state index in [4.69, 9.17) is 14.2 Å². The lowest BCUT2D eigenvalue weighted by Gasteiger charge is -2.11. The molecule has 0 heterocycles. The van der Waals surface area contributed by atoms with Crippen LogP contribution in [0.15, 0.2) is 48.5 Å². The van der Waals surface area contributed by atoms with Crippen molar-refractivity contribution in [2.75, 3.05) is 38.3 Å². The van der Waals surface area contributed by atoms with Crippen molar-refractivity contribution in [3.63, 3.8) is 0 Å². The van der Waals surface area contributed by atoms with Gasteiger partial charge in [0, 0.05) is 18.8 Å². The molecule has 2 aromatic carbocycles. The molecule has 0 spiro atoms. The van der Waals surface area contributed by atoms with Crippen LogP contribution in [0.1, 0.15) is 12.5 Å². The third kappa shape index (κ3) is 6.20. The summed E-state index contributed by atoms with van der Waals surface area (Å²) in [5, 5.41) is 3.33. The molecule has 0 aromatic heterocycles. The Morgan fingerprint density at radius 1 is 0.870 bits per heavy atom. The Morgan fingerprint density at radius 2 is 1.65 bits per heavy atom. The van der Waals surface area contributed by atoms with Gasteiger partial charge in [-0.1, -0.05) is 18.2 Å². The Balaban J connectivity index is 1.67. The summed E-state index contributed by atoms with van der Waals surface area (Å²) in [7, 11) is 0. The molecule has 0 atom stereocenters. The summed E-state index contributed by atoms with van der Waals surface area (Å²) in [6, 6.07) is 16.0. The highest BCUT2D eigenvalue weighted by atomic mass is 16.5. The SMILES string of the molecule is CCOCCOc1ccc(NCCOc2ccccc2C)cc1. The molecule has 124 valence electrons. The Labute approximate surface area is 138 Å². The fourth-order valence-corrected chi connectivity index (χ4v) is 2.11. The van der Waals surface area contributed by atoms with Gasteiger partial charge in [-0.3, -0.25) is 0 Å². The normalized spacial score (nSPS) is 10.3. The van der Waals surface area contributed by atoms with Crippen LogP contribution in [0.4, 0.5) is 5.69 Å². The second kappa shape index (κ2) is 9.74. The van der Waals surface area contributed by atoms with Gasteiger partial charge in [0.15, 0.2) is 0 Å². The first kappa shape index (κ1) is 17.2. The quantitative estimate of drug-likeness (QED) is 0.675. The predicted molar refractivity (Wildman–Crippen MR) is 93.6 cm³/mol. The van der Waals surface area contributed by atoms with Crippen LogP contribution in [0.25, 0.3) is 0 Å². The smallest absolute Gasteiger partial charge is 0.122 e. The van der Waals surface area contributed by atoms with Gasteiger partial charge in [-0.15, -0.1) is 0 Å². The lowest BCUT2D eigenvalue weighted by atomic mass is 10.2. The molecule has 0 radical (unpaired) electrons. The average molecular weight is 315 g/mol. The first-order chi connectivity index (χ1) is 11.3. The van der Waals surface area contributed by atoms with E-state index in [1.807, 2.05) is 62.4 Å². The maximum atomic E-state index is 5.76. The number of rotatable bonds is 10. The Bertz CT molecular complexity index is 569. The molecule has 0 saturated heterocycles. The topological polar surface area (TPSA) is 39.7 Å². The van der Waals surface area contributed by atoms with E-state index in [-0.39, 0.29) is 0 Å². The van der Waals surface area contributed by atoms with Crippen molar-refractivity contribution >= 4 is 5.69 Å².